The lowest BCUT2D eigenvalue weighted by atomic mass is 10.1. The van der Waals surface area contributed by atoms with Crippen molar-refractivity contribution in [3.05, 3.63) is 78.8 Å². The van der Waals surface area contributed by atoms with Crippen LogP contribution in [0.5, 0.6) is 0 Å². The zero-order valence-corrected chi connectivity index (χ0v) is 19.5. The molecule has 36 heavy (non-hydrogen) atoms. The maximum atomic E-state index is 14.8. The molecular formula is C24H22FN11. The number of tetrazole rings is 1. The number of hydrogen-bond acceptors (Lipinski definition) is 9. The Balaban J connectivity index is 1.23. The third-order valence-electron chi connectivity index (χ3n) is 6.16. The zero-order valence-electron chi connectivity index (χ0n) is 19.5. The van der Waals surface area contributed by atoms with Crippen molar-refractivity contribution in [3.8, 4) is 5.69 Å². The van der Waals surface area contributed by atoms with Crippen LogP contribution in [-0.2, 0) is 6.42 Å². The van der Waals surface area contributed by atoms with E-state index in [1.54, 1.807) is 24.5 Å². The first-order valence-corrected chi connectivity index (χ1v) is 11.6. The van der Waals surface area contributed by atoms with Crippen molar-refractivity contribution in [3.63, 3.8) is 0 Å². The SMILES string of the molecule is CCc1cnc(N2CC=C(c3ncc4c(Nc5ccc(-n6cnnn6)cc5F)nccn34)CC2)nc1. The van der Waals surface area contributed by atoms with Crippen molar-refractivity contribution in [2.45, 2.75) is 19.8 Å². The van der Waals surface area contributed by atoms with Crippen LogP contribution in [0.15, 0.2) is 61.6 Å². The number of nitrogens with zero attached hydrogens (tertiary/aromatic N) is 10. The Kier molecular flexibility index (Phi) is 5.52. The highest BCUT2D eigenvalue weighted by Crippen LogP contribution is 2.28. The number of benzene rings is 1. The number of fused-ring (bicyclic) bond motifs is 1. The molecule has 0 atom stereocenters. The Morgan fingerprint density at radius 3 is 2.69 bits per heavy atom. The van der Waals surface area contributed by atoms with Gasteiger partial charge in [0.15, 0.2) is 5.82 Å². The van der Waals surface area contributed by atoms with E-state index in [-0.39, 0.29) is 5.69 Å². The molecule has 4 aromatic heterocycles. The molecule has 0 radical (unpaired) electrons. The minimum absolute atomic E-state index is 0.289. The van der Waals surface area contributed by atoms with Gasteiger partial charge in [0.1, 0.15) is 23.5 Å². The van der Waals surface area contributed by atoms with Crippen LogP contribution in [0.25, 0.3) is 16.8 Å². The lowest BCUT2D eigenvalue weighted by Gasteiger charge is -2.26. The van der Waals surface area contributed by atoms with Gasteiger partial charge in [-0.15, -0.1) is 5.10 Å². The quantitative estimate of drug-likeness (QED) is 0.389. The van der Waals surface area contributed by atoms with E-state index in [9.17, 15) is 4.39 Å². The van der Waals surface area contributed by atoms with Gasteiger partial charge in [-0.05, 0) is 46.5 Å². The largest absolute Gasteiger partial charge is 0.337 e. The molecule has 11 nitrogen and oxygen atoms in total. The summed E-state index contributed by atoms with van der Waals surface area (Å²) in [4.78, 5) is 20.2. The molecule has 180 valence electrons. The van der Waals surface area contributed by atoms with Crippen molar-refractivity contribution < 1.29 is 4.39 Å². The van der Waals surface area contributed by atoms with Gasteiger partial charge in [-0.2, -0.15) is 0 Å². The standard InChI is InChI=1S/C24H22FN11/c1-2-16-12-28-24(29-13-16)34-8-5-17(6-9-34)23-27-14-21-22(26-7-10-35(21)23)31-20-4-3-18(11-19(20)25)36-15-30-32-33-36/h3-5,7,10-15H,2,6,8-9H2,1H3,(H,26,31). The van der Waals surface area contributed by atoms with E-state index in [4.69, 9.17) is 0 Å². The number of anilines is 3. The van der Waals surface area contributed by atoms with Gasteiger partial charge in [-0.1, -0.05) is 13.0 Å². The number of imidazole rings is 1. The fourth-order valence-corrected chi connectivity index (χ4v) is 4.16. The van der Waals surface area contributed by atoms with E-state index in [0.29, 0.717) is 18.1 Å². The molecule has 0 amide bonds. The Morgan fingerprint density at radius 2 is 1.97 bits per heavy atom. The van der Waals surface area contributed by atoms with Crippen molar-refractivity contribution in [2.75, 3.05) is 23.3 Å². The first-order valence-electron chi connectivity index (χ1n) is 11.6. The molecule has 0 fully saturated rings. The third-order valence-corrected chi connectivity index (χ3v) is 6.16. The lowest BCUT2D eigenvalue weighted by molar-refractivity contribution is 0.628. The average Bonchev–Trinajstić information content (AvgIpc) is 3.61. The normalized spacial score (nSPS) is 13.7. The second kappa shape index (κ2) is 9.13. The first kappa shape index (κ1) is 21.8. The molecule has 12 heteroatoms. The Morgan fingerprint density at radius 1 is 1.08 bits per heavy atom. The predicted molar refractivity (Wildman–Crippen MR) is 132 cm³/mol. The molecule has 1 N–H and O–H groups in total. The minimum Gasteiger partial charge on any atom is -0.337 e. The number of aryl methyl sites for hydroxylation is 1. The van der Waals surface area contributed by atoms with Crippen molar-refractivity contribution in [2.24, 2.45) is 0 Å². The van der Waals surface area contributed by atoms with Crippen LogP contribution >= 0.6 is 0 Å². The highest BCUT2D eigenvalue weighted by molar-refractivity contribution is 5.76. The van der Waals surface area contributed by atoms with Crippen molar-refractivity contribution >= 4 is 28.5 Å². The Labute approximate surface area is 205 Å². The molecule has 1 aliphatic rings. The zero-order chi connectivity index (χ0) is 24.5. The summed E-state index contributed by atoms with van der Waals surface area (Å²) in [5, 5.41) is 14.0. The van der Waals surface area contributed by atoms with Gasteiger partial charge in [0.25, 0.3) is 0 Å². The summed E-state index contributed by atoms with van der Waals surface area (Å²) in [6.07, 6.45) is 14.3. The highest BCUT2D eigenvalue weighted by Gasteiger charge is 2.19. The fraction of sp³-hybridized carbons (Fsp3) is 0.208. The number of nitrogens with one attached hydrogen (secondary N) is 1. The van der Waals surface area contributed by atoms with E-state index in [1.807, 2.05) is 23.0 Å². The maximum Gasteiger partial charge on any atom is 0.225 e. The lowest BCUT2D eigenvalue weighted by Crippen LogP contribution is -2.30. The second-order valence-electron chi connectivity index (χ2n) is 8.33. The molecule has 6 rings (SSSR count). The Bertz CT molecular complexity index is 1540. The van der Waals surface area contributed by atoms with Gasteiger partial charge >= 0.3 is 0 Å². The van der Waals surface area contributed by atoms with Gasteiger partial charge in [0.2, 0.25) is 5.95 Å². The summed E-state index contributed by atoms with van der Waals surface area (Å²) in [5.41, 5.74) is 3.81. The van der Waals surface area contributed by atoms with Crippen LogP contribution in [0.4, 0.5) is 21.8 Å². The van der Waals surface area contributed by atoms with Gasteiger partial charge in [-0.25, -0.2) is 29.0 Å². The number of hydrogen-bond donors (Lipinski definition) is 1. The molecule has 0 bridgehead atoms. The summed E-state index contributed by atoms with van der Waals surface area (Å²) < 4.78 is 18.2. The molecule has 1 aliphatic heterocycles. The smallest absolute Gasteiger partial charge is 0.225 e. The van der Waals surface area contributed by atoms with Gasteiger partial charge < -0.3 is 10.2 Å². The molecule has 0 aliphatic carbocycles. The summed E-state index contributed by atoms with van der Waals surface area (Å²) in [5.74, 6) is 1.63. The molecule has 0 saturated carbocycles. The topological polar surface area (TPSA) is 115 Å². The molecular weight excluding hydrogens is 461 g/mol. The molecule has 0 spiro atoms. The van der Waals surface area contributed by atoms with Crippen LogP contribution in [-0.4, -0.2) is 57.6 Å². The fourth-order valence-electron chi connectivity index (χ4n) is 4.16. The van der Waals surface area contributed by atoms with E-state index in [1.165, 1.54) is 17.1 Å². The Hall–Kier alpha value is -4.74. The first-order chi connectivity index (χ1) is 17.7. The van der Waals surface area contributed by atoms with Crippen molar-refractivity contribution in [1.82, 2.24) is 44.5 Å². The van der Waals surface area contributed by atoms with E-state index in [2.05, 4.69) is 58.7 Å². The summed E-state index contributed by atoms with van der Waals surface area (Å²) in [6.45, 7) is 3.58. The molecule has 5 aromatic rings. The van der Waals surface area contributed by atoms with Gasteiger partial charge in [0.05, 0.1) is 17.6 Å². The minimum atomic E-state index is -0.448. The van der Waals surface area contributed by atoms with Gasteiger partial charge in [-0.3, -0.25) is 4.40 Å². The van der Waals surface area contributed by atoms with E-state index in [0.717, 1.165) is 47.8 Å². The molecule has 5 heterocycles. The van der Waals surface area contributed by atoms with Crippen LogP contribution in [0.3, 0.4) is 0 Å². The average molecular weight is 484 g/mol. The number of halogens is 1. The number of rotatable bonds is 6. The van der Waals surface area contributed by atoms with Gasteiger partial charge in [0, 0.05) is 43.9 Å². The molecule has 1 aromatic carbocycles. The summed E-state index contributed by atoms with van der Waals surface area (Å²) in [6, 6.07) is 4.71. The van der Waals surface area contributed by atoms with Crippen LogP contribution in [0.1, 0.15) is 24.7 Å². The maximum absolute atomic E-state index is 14.8. The second-order valence-corrected chi connectivity index (χ2v) is 8.33. The third kappa shape index (κ3) is 4.02. The number of aromatic nitrogens is 9. The van der Waals surface area contributed by atoms with E-state index < -0.39 is 5.82 Å². The van der Waals surface area contributed by atoms with Crippen LogP contribution in [0.2, 0.25) is 0 Å². The van der Waals surface area contributed by atoms with Crippen LogP contribution < -0.4 is 10.2 Å². The summed E-state index contributed by atoms with van der Waals surface area (Å²) >= 11 is 0. The summed E-state index contributed by atoms with van der Waals surface area (Å²) in [7, 11) is 0. The highest BCUT2D eigenvalue weighted by atomic mass is 19.1. The molecule has 0 unspecified atom stereocenters. The predicted octanol–water partition coefficient (Wildman–Crippen LogP) is 3.23. The monoisotopic (exact) mass is 483 g/mol. The van der Waals surface area contributed by atoms with Crippen molar-refractivity contribution in [1.29, 1.82) is 0 Å². The van der Waals surface area contributed by atoms with Crippen LogP contribution in [0, 0.1) is 5.82 Å². The van der Waals surface area contributed by atoms with E-state index >= 15 is 0 Å². The molecule has 0 saturated heterocycles.